The van der Waals surface area contributed by atoms with E-state index in [9.17, 15) is 9.18 Å². The standard InChI is InChI=1S/C18H20FN3O2/c1-13-2-7-17(21-20-13)24-12-15-8-9-22(11-15)18(23)10-14-3-5-16(19)6-4-14/h2-7,15H,8-12H2,1H3. The van der Waals surface area contributed by atoms with E-state index in [-0.39, 0.29) is 11.7 Å². The van der Waals surface area contributed by atoms with Crippen molar-refractivity contribution in [1.82, 2.24) is 15.1 Å². The molecule has 2 heterocycles. The normalized spacial score (nSPS) is 17.1. The largest absolute Gasteiger partial charge is 0.476 e. The summed E-state index contributed by atoms with van der Waals surface area (Å²) in [5.41, 5.74) is 1.68. The van der Waals surface area contributed by atoms with Gasteiger partial charge in [0.15, 0.2) is 0 Å². The van der Waals surface area contributed by atoms with Crippen molar-refractivity contribution in [2.24, 2.45) is 5.92 Å². The Labute approximate surface area is 140 Å². The molecule has 0 saturated carbocycles. The number of aromatic nitrogens is 2. The molecule has 2 aromatic rings. The Kier molecular flexibility index (Phi) is 5.03. The zero-order valence-corrected chi connectivity index (χ0v) is 13.6. The first-order valence-corrected chi connectivity index (χ1v) is 8.05. The number of hydrogen-bond donors (Lipinski definition) is 0. The van der Waals surface area contributed by atoms with Gasteiger partial charge in [-0.3, -0.25) is 4.79 Å². The van der Waals surface area contributed by atoms with Gasteiger partial charge in [-0.2, -0.15) is 5.10 Å². The molecule has 0 N–H and O–H groups in total. The Morgan fingerprint density at radius 1 is 1.25 bits per heavy atom. The Hall–Kier alpha value is -2.50. The van der Waals surface area contributed by atoms with Gasteiger partial charge in [0.2, 0.25) is 11.8 Å². The van der Waals surface area contributed by atoms with Crippen LogP contribution in [0.1, 0.15) is 17.7 Å². The Bertz CT molecular complexity index is 688. The van der Waals surface area contributed by atoms with Crippen LogP contribution in [-0.4, -0.2) is 40.7 Å². The first-order chi connectivity index (χ1) is 11.6. The topological polar surface area (TPSA) is 55.3 Å². The van der Waals surface area contributed by atoms with Crippen LogP contribution in [-0.2, 0) is 11.2 Å². The van der Waals surface area contributed by atoms with Gasteiger partial charge in [-0.25, -0.2) is 4.39 Å². The predicted octanol–water partition coefficient (Wildman–Crippen LogP) is 2.39. The summed E-state index contributed by atoms with van der Waals surface area (Å²) in [7, 11) is 0. The van der Waals surface area contributed by atoms with E-state index in [0.717, 1.165) is 24.2 Å². The molecular weight excluding hydrogens is 309 g/mol. The van der Waals surface area contributed by atoms with E-state index < -0.39 is 0 Å². The summed E-state index contributed by atoms with van der Waals surface area (Å²) in [5.74, 6) is 0.588. The van der Waals surface area contributed by atoms with Gasteiger partial charge in [0, 0.05) is 25.1 Å². The fraction of sp³-hybridized carbons (Fsp3) is 0.389. The molecule has 0 aliphatic carbocycles. The van der Waals surface area contributed by atoms with Crippen molar-refractivity contribution in [1.29, 1.82) is 0 Å². The fourth-order valence-electron chi connectivity index (χ4n) is 2.75. The van der Waals surface area contributed by atoms with E-state index in [1.807, 2.05) is 17.9 Å². The monoisotopic (exact) mass is 329 g/mol. The van der Waals surface area contributed by atoms with Gasteiger partial charge in [-0.05, 0) is 37.1 Å². The molecule has 3 rings (SSSR count). The lowest BCUT2D eigenvalue weighted by atomic mass is 10.1. The van der Waals surface area contributed by atoms with Crippen LogP contribution in [0.4, 0.5) is 4.39 Å². The van der Waals surface area contributed by atoms with Crippen molar-refractivity contribution in [3.8, 4) is 5.88 Å². The maximum Gasteiger partial charge on any atom is 0.233 e. The van der Waals surface area contributed by atoms with Crippen LogP contribution in [0.2, 0.25) is 0 Å². The molecule has 0 radical (unpaired) electrons. The second-order valence-electron chi connectivity index (χ2n) is 6.12. The fourth-order valence-corrected chi connectivity index (χ4v) is 2.75. The molecule has 0 spiro atoms. The summed E-state index contributed by atoms with van der Waals surface area (Å²) in [6, 6.07) is 9.72. The minimum atomic E-state index is -0.288. The van der Waals surface area contributed by atoms with Crippen molar-refractivity contribution in [3.05, 3.63) is 53.5 Å². The highest BCUT2D eigenvalue weighted by Crippen LogP contribution is 2.19. The highest BCUT2D eigenvalue weighted by molar-refractivity contribution is 5.79. The van der Waals surface area contributed by atoms with Gasteiger partial charge in [-0.15, -0.1) is 5.10 Å². The van der Waals surface area contributed by atoms with Crippen LogP contribution in [0.5, 0.6) is 5.88 Å². The first kappa shape index (κ1) is 16.4. The molecule has 1 atom stereocenters. The molecule has 5 nitrogen and oxygen atoms in total. The molecule has 0 bridgehead atoms. The van der Waals surface area contributed by atoms with Crippen molar-refractivity contribution in [2.75, 3.05) is 19.7 Å². The molecule has 1 aliphatic heterocycles. The highest BCUT2D eigenvalue weighted by Gasteiger charge is 2.26. The third kappa shape index (κ3) is 4.28. The lowest BCUT2D eigenvalue weighted by Crippen LogP contribution is -2.30. The van der Waals surface area contributed by atoms with Gasteiger partial charge in [0.05, 0.1) is 18.7 Å². The van der Waals surface area contributed by atoms with Crippen LogP contribution in [0.15, 0.2) is 36.4 Å². The smallest absolute Gasteiger partial charge is 0.233 e. The number of aryl methyl sites for hydroxylation is 1. The van der Waals surface area contributed by atoms with Gasteiger partial charge in [0.1, 0.15) is 5.82 Å². The summed E-state index contributed by atoms with van der Waals surface area (Å²) < 4.78 is 18.6. The molecule has 6 heteroatoms. The van der Waals surface area contributed by atoms with E-state index in [0.29, 0.717) is 31.4 Å². The van der Waals surface area contributed by atoms with Crippen LogP contribution < -0.4 is 4.74 Å². The van der Waals surface area contributed by atoms with Gasteiger partial charge < -0.3 is 9.64 Å². The quantitative estimate of drug-likeness (QED) is 0.845. The average Bonchev–Trinajstić information content (AvgIpc) is 3.06. The Morgan fingerprint density at radius 3 is 2.75 bits per heavy atom. The third-order valence-electron chi connectivity index (χ3n) is 4.15. The van der Waals surface area contributed by atoms with Gasteiger partial charge >= 0.3 is 0 Å². The summed E-state index contributed by atoms with van der Waals surface area (Å²) in [6.07, 6.45) is 1.21. The molecule has 1 aromatic carbocycles. The number of nitrogens with zero attached hydrogens (tertiary/aromatic N) is 3. The molecule has 1 fully saturated rings. The van der Waals surface area contributed by atoms with Crippen LogP contribution in [0.3, 0.4) is 0 Å². The van der Waals surface area contributed by atoms with E-state index in [1.165, 1.54) is 12.1 Å². The third-order valence-corrected chi connectivity index (χ3v) is 4.15. The minimum absolute atomic E-state index is 0.0687. The van der Waals surface area contributed by atoms with Crippen LogP contribution >= 0.6 is 0 Å². The van der Waals surface area contributed by atoms with Crippen LogP contribution in [0, 0.1) is 18.7 Å². The summed E-state index contributed by atoms with van der Waals surface area (Å²) in [5, 5.41) is 7.93. The number of rotatable bonds is 5. The average molecular weight is 329 g/mol. The minimum Gasteiger partial charge on any atom is -0.476 e. The van der Waals surface area contributed by atoms with Gasteiger partial charge in [0.25, 0.3) is 0 Å². The number of benzene rings is 1. The van der Waals surface area contributed by atoms with Crippen molar-refractivity contribution in [2.45, 2.75) is 19.8 Å². The Morgan fingerprint density at radius 2 is 2.04 bits per heavy atom. The summed E-state index contributed by atoms with van der Waals surface area (Å²) in [6.45, 7) is 3.81. The number of halogens is 1. The molecule has 1 aliphatic rings. The molecule has 1 amide bonds. The SMILES string of the molecule is Cc1ccc(OCC2CCN(C(=O)Cc3ccc(F)cc3)C2)nn1. The number of carbonyl (C=O) groups is 1. The summed E-state index contributed by atoms with van der Waals surface area (Å²) in [4.78, 5) is 14.2. The van der Waals surface area contributed by atoms with Crippen molar-refractivity contribution in [3.63, 3.8) is 0 Å². The van der Waals surface area contributed by atoms with E-state index in [4.69, 9.17) is 4.74 Å². The lowest BCUT2D eigenvalue weighted by molar-refractivity contribution is -0.129. The molecular formula is C18H20FN3O2. The maximum absolute atomic E-state index is 12.9. The molecule has 24 heavy (non-hydrogen) atoms. The number of carbonyl (C=O) groups excluding carboxylic acids is 1. The molecule has 126 valence electrons. The maximum atomic E-state index is 12.9. The lowest BCUT2D eigenvalue weighted by Gasteiger charge is -2.17. The van der Waals surface area contributed by atoms with Crippen molar-refractivity contribution < 1.29 is 13.9 Å². The summed E-state index contributed by atoms with van der Waals surface area (Å²) >= 11 is 0. The van der Waals surface area contributed by atoms with E-state index >= 15 is 0 Å². The first-order valence-electron chi connectivity index (χ1n) is 8.05. The zero-order chi connectivity index (χ0) is 16.9. The molecule has 1 unspecified atom stereocenters. The van der Waals surface area contributed by atoms with Gasteiger partial charge in [-0.1, -0.05) is 12.1 Å². The van der Waals surface area contributed by atoms with Crippen LogP contribution in [0.25, 0.3) is 0 Å². The van der Waals surface area contributed by atoms with Crippen molar-refractivity contribution >= 4 is 5.91 Å². The second kappa shape index (κ2) is 7.38. The van der Waals surface area contributed by atoms with E-state index in [2.05, 4.69) is 10.2 Å². The highest BCUT2D eigenvalue weighted by atomic mass is 19.1. The Balaban J connectivity index is 1.46. The zero-order valence-electron chi connectivity index (χ0n) is 13.6. The molecule has 1 aromatic heterocycles. The predicted molar refractivity (Wildman–Crippen MR) is 87.1 cm³/mol. The molecule has 1 saturated heterocycles. The number of ether oxygens (including phenoxy) is 1. The second-order valence-corrected chi connectivity index (χ2v) is 6.12. The number of likely N-dealkylation sites (tertiary alicyclic amines) is 1. The number of amides is 1. The number of hydrogen-bond acceptors (Lipinski definition) is 4. The van der Waals surface area contributed by atoms with E-state index in [1.54, 1.807) is 18.2 Å².